The Kier molecular flexibility index (Phi) is 5.50. The van der Waals surface area contributed by atoms with Crippen LogP contribution in [0.5, 0.6) is 0 Å². The number of benzene rings is 1. The molecular weight excluding hydrogens is 266 g/mol. The van der Waals surface area contributed by atoms with Crippen LogP contribution in [-0.4, -0.2) is 38.3 Å². The van der Waals surface area contributed by atoms with Crippen molar-refractivity contribution >= 4 is 15.7 Å². The molecule has 0 bridgehead atoms. The van der Waals surface area contributed by atoms with Crippen LogP contribution < -0.4 is 5.32 Å². The number of nitrogens with one attached hydrogen (secondary N) is 1. The van der Waals surface area contributed by atoms with Gasteiger partial charge in [-0.15, -0.1) is 0 Å². The molecule has 0 aliphatic heterocycles. The quantitative estimate of drug-likeness (QED) is 0.811. The van der Waals surface area contributed by atoms with E-state index in [1.165, 1.54) is 19.1 Å². The maximum Gasteiger partial charge on any atom is 0.252 e. The Labute approximate surface area is 113 Å². The summed E-state index contributed by atoms with van der Waals surface area (Å²) in [5.41, 5.74) is 0.148. The Hall–Kier alpha value is -1.40. The molecule has 0 aliphatic rings. The van der Waals surface area contributed by atoms with Crippen molar-refractivity contribution in [3.8, 4) is 0 Å². The Morgan fingerprint density at radius 3 is 2.58 bits per heavy atom. The lowest BCUT2D eigenvalue weighted by Gasteiger charge is -2.12. The van der Waals surface area contributed by atoms with Gasteiger partial charge >= 0.3 is 0 Å². The summed E-state index contributed by atoms with van der Waals surface area (Å²) >= 11 is 0. The predicted molar refractivity (Wildman–Crippen MR) is 72.8 cm³/mol. The molecule has 2 N–H and O–H groups in total. The number of carbonyl (C=O) groups excluding carboxylic acids is 1. The number of hydrogen-bond acceptors (Lipinski definition) is 4. The fourth-order valence-corrected chi connectivity index (χ4v) is 2.60. The van der Waals surface area contributed by atoms with Crippen LogP contribution in [-0.2, 0) is 9.84 Å². The molecule has 0 heterocycles. The van der Waals surface area contributed by atoms with Crippen molar-refractivity contribution in [3.63, 3.8) is 0 Å². The van der Waals surface area contributed by atoms with Crippen LogP contribution >= 0.6 is 0 Å². The van der Waals surface area contributed by atoms with Crippen molar-refractivity contribution in [2.75, 3.05) is 18.9 Å². The van der Waals surface area contributed by atoms with E-state index in [1.807, 2.05) is 0 Å². The van der Waals surface area contributed by atoms with Crippen LogP contribution in [0.25, 0.3) is 0 Å². The first-order valence-corrected chi connectivity index (χ1v) is 7.78. The summed E-state index contributed by atoms with van der Waals surface area (Å²) in [6.07, 6.45) is 0. The molecule has 5 nitrogen and oxygen atoms in total. The number of carbonyl (C=O) groups is 1. The molecule has 0 saturated heterocycles. The number of rotatable bonds is 6. The zero-order valence-electron chi connectivity index (χ0n) is 11.1. The molecule has 0 aliphatic carbocycles. The second-order valence-electron chi connectivity index (χ2n) is 4.40. The van der Waals surface area contributed by atoms with Crippen molar-refractivity contribution < 1.29 is 18.3 Å². The maximum atomic E-state index is 12.0. The lowest BCUT2D eigenvalue weighted by molar-refractivity contribution is 0.0939. The summed E-state index contributed by atoms with van der Waals surface area (Å²) in [5.74, 6) is -0.559. The van der Waals surface area contributed by atoms with Crippen molar-refractivity contribution in [1.82, 2.24) is 5.32 Å². The molecule has 1 unspecified atom stereocenters. The zero-order chi connectivity index (χ0) is 14.5. The van der Waals surface area contributed by atoms with Gasteiger partial charge in [0.2, 0.25) is 0 Å². The SMILES string of the molecule is CCS(=O)(=O)c1ccccc1C(=O)NCC(C)CO. The second-order valence-corrected chi connectivity index (χ2v) is 6.64. The van der Waals surface area contributed by atoms with Crippen molar-refractivity contribution in [3.05, 3.63) is 29.8 Å². The van der Waals surface area contributed by atoms with Gasteiger partial charge < -0.3 is 10.4 Å². The molecule has 1 rings (SSSR count). The van der Waals surface area contributed by atoms with Gasteiger partial charge in [0, 0.05) is 13.2 Å². The third-order valence-corrected chi connectivity index (χ3v) is 4.56. The average Bonchev–Trinajstić information content (AvgIpc) is 2.44. The fraction of sp³-hybridized carbons (Fsp3) is 0.462. The second kappa shape index (κ2) is 6.68. The highest BCUT2D eigenvalue weighted by atomic mass is 32.2. The first-order valence-electron chi connectivity index (χ1n) is 6.13. The average molecular weight is 285 g/mol. The largest absolute Gasteiger partial charge is 0.396 e. The van der Waals surface area contributed by atoms with Gasteiger partial charge in [-0.3, -0.25) is 4.79 Å². The Morgan fingerprint density at radius 2 is 2.00 bits per heavy atom. The fourth-order valence-electron chi connectivity index (χ4n) is 1.51. The molecule has 0 saturated carbocycles. The lowest BCUT2D eigenvalue weighted by Crippen LogP contribution is -2.30. The van der Waals surface area contributed by atoms with Crippen LogP contribution in [0, 0.1) is 5.92 Å². The molecule has 6 heteroatoms. The summed E-state index contributed by atoms with van der Waals surface area (Å²) in [6.45, 7) is 3.60. The van der Waals surface area contributed by atoms with Gasteiger partial charge in [0.05, 0.1) is 16.2 Å². The number of amides is 1. The molecule has 1 atom stereocenters. The first-order chi connectivity index (χ1) is 8.92. The standard InChI is InChI=1S/C13H19NO4S/c1-3-19(17,18)12-7-5-4-6-11(12)13(16)14-8-10(2)9-15/h4-7,10,15H,3,8-9H2,1-2H3,(H,14,16). The minimum Gasteiger partial charge on any atom is -0.396 e. The topological polar surface area (TPSA) is 83.5 Å². The molecule has 19 heavy (non-hydrogen) atoms. The third-order valence-electron chi connectivity index (χ3n) is 2.77. The van der Waals surface area contributed by atoms with Gasteiger partial charge in [0.25, 0.3) is 5.91 Å². The first kappa shape index (κ1) is 15.7. The lowest BCUT2D eigenvalue weighted by atomic mass is 10.1. The van der Waals surface area contributed by atoms with Gasteiger partial charge in [-0.1, -0.05) is 26.0 Å². The van der Waals surface area contributed by atoms with Crippen molar-refractivity contribution in [2.24, 2.45) is 5.92 Å². The third kappa shape index (κ3) is 4.04. The van der Waals surface area contributed by atoms with E-state index < -0.39 is 15.7 Å². The van der Waals surface area contributed by atoms with Gasteiger partial charge in [-0.2, -0.15) is 0 Å². The maximum absolute atomic E-state index is 12.0. The van der Waals surface area contributed by atoms with Gasteiger partial charge in [-0.05, 0) is 18.1 Å². The van der Waals surface area contributed by atoms with E-state index >= 15 is 0 Å². The van der Waals surface area contributed by atoms with Crippen LogP contribution in [0.4, 0.5) is 0 Å². The van der Waals surface area contributed by atoms with E-state index in [9.17, 15) is 13.2 Å². The van der Waals surface area contributed by atoms with Crippen molar-refractivity contribution in [1.29, 1.82) is 0 Å². The van der Waals surface area contributed by atoms with E-state index in [4.69, 9.17) is 5.11 Å². The number of sulfone groups is 1. The van der Waals surface area contributed by atoms with Gasteiger partial charge in [0.15, 0.2) is 9.84 Å². The van der Waals surface area contributed by atoms with Crippen molar-refractivity contribution in [2.45, 2.75) is 18.7 Å². The Balaban J connectivity index is 2.98. The molecule has 1 aromatic rings. The van der Waals surface area contributed by atoms with E-state index in [2.05, 4.69) is 5.32 Å². The number of hydrogen-bond donors (Lipinski definition) is 2. The molecule has 0 fully saturated rings. The molecule has 1 amide bonds. The molecule has 106 valence electrons. The van der Waals surface area contributed by atoms with Gasteiger partial charge in [-0.25, -0.2) is 8.42 Å². The van der Waals surface area contributed by atoms with E-state index in [0.717, 1.165) is 0 Å². The van der Waals surface area contributed by atoms with E-state index in [0.29, 0.717) is 6.54 Å². The van der Waals surface area contributed by atoms with Crippen LogP contribution in [0.3, 0.4) is 0 Å². The highest BCUT2D eigenvalue weighted by molar-refractivity contribution is 7.91. The molecule has 0 spiro atoms. The number of aliphatic hydroxyl groups is 1. The molecular formula is C13H19NO4S. The minimum absolute atomic E-state index is 0.0326. The van der Waals surface area contributed by atoms with E-state index in [1.54, 1.807) is 19.1 Å². The summed E-state index contributed by atoms with van der Waals surface area (Å²) in [4.78, 5) is 12.0. The molecule has 0 radical (unpaired) electrons. The minimum atomic E-state index is -3.43. The predicted octanol–water partition coefficient (Wildman–Crippen LogP) is 0.838. The highest BCUT2D eigenvalue weighted by Gasteiger charge is 2.20. The zero-order valence-corrected chi connectivity index (χ0v) is 11.9. The molecule has 0 aromatic heterocycles. The normalized spacial score (nSPS) is 13.0. The summed E-state index contributed by atoms with van der Waals surface area (Å²) < 4.78 is 23.8. The Morgan fingerprint density at radius 1 is 1.37 bits per heavy atom. The highest BCUT2D eigenvalue weighted by Crippen LogP contribution is 2.16. The monoisotopic (exact) mass is 285 g/mol. The smallest absolute Gasteiger partial charge is 0.252 e. The van der Waals surface area contributed by atoms with Gasteiger partial charge in [0.1, 0.15) is 0 Å². The summed E-state index contributed by atoms with van der Waals surface area (Å²) in [6, 6.07) is 6.14. The summed E-state index contributed by atoms with van der Waals surface area (Å²) in [7, 11) is -3.43. The van der Waals surface area contributed by atoms with Crippen LogP contribution in [0.1, 0.15) is 24.2 Å². The Bertz CT molecular complexity index is 539. The number of aliphatic hydroxyl groups excluding tert-OH is 1. The summed E-state index contributed by atoms with van der Waals surface area (Å²) in [5, 5.41) is 11.5. The molecule has 1 aromatic carbocycles. The van der Waals surface area contributed by atoms with Crippen LogP contribution in [0.2, 0.25) is 0 Å². The van der Waals surface area contributed by atoms with Crippen LogP contribution in [0.15, 0.2) is 29.2 Å². The van der Waals surface area contributed by atoms with E-state index in [-0.39, 0.29) is 28.7 Å².